The average molecular weight is 360 g/mol. The van der Waals surface area contributed by atoms with Gasteiger partial charge in [-0.3, -0.25) is 9.59 Å². The van der Waals surface area contributed by atoms with Crippen molar-refractivity contribution >= 4 is 22.9 Å². The van der Waals surface area contributed by atoms with Crippen molar-refractivity contribution in [2.24, 2.45) is 0 Å². The number of nitrogens with zero attached hydrogens (tertiary/aromatic N) is 4. The maximum Gasteiger partial charge on any atom is 0.259 e. The van der Waals surface area contributed by atoms with E-state index in [4.69, 9.17) is 9.26 Å². The molecule has 0 aromatic carbocycles. The van der Waals surface area contributed by atoms with Crippen molar-refractivity contribution in [2.75, 3.05) is 39.9 Å². The number of ether oxygens (including phenoxy) is 1. The number of fused-ring (bicyclic) bond motifs is 1. The lowest BCUT2D eigenvalue weighted by Crippen LogP contribution is -2.51. The molecular formula is C18H24N4O4. The molecule has 1 aliphatic rings. The summed E-state index contributed by atoms with van der Waals surface area (Å²) in [6, 6.07) is 1.84. The monoisotopic (exact) mass is 360 g/mol. The van der Waals surface area contributed by atoms with Crippen LogP contribution in [0.25, 0.3) is 11.1 Å². The summed E-state index contributed by atoms with van der Waals surface area (Å²) < 4.78 is 10.2. The summed E-state index contributed by atoms with van der Waals surface area (Å²) in [7, 11) is 1.50. The Morgan fingerprint density at radius 3 is 2.50 bits per heavy atom. The maximum absolute atomic E-state index is 13.1. The standard InChI is InChI=1S/C18H24N4O4/c1-11(2)14-9-13(16-12(3)20-26-17(16)19-14)18(24)22-7-5-21(6-8-22)15(23)10-25-4/h9,11H,5-8,10H2,1-4H3. The number of carbonyl (C=O) groups is 2. The van der Waals surface area contributed by atoms with E-state index in [0.29, 0.717) is 48.5 Å². The Balaban J connectivity index is 1.84. The Hall–Kier alpha value is -2.48. The highest BCUT2D eigenvalue weighted by Crippen LogP contribution is 2.26. The van der Waals surface area contributed by atoms with Crippen molar-refractivity contribution in [2.45, 2.75) is 26.7 Å². The summed E-state index contributed by atoms with van der Waals surface area (Å²) in [5.41, 5.74) is 2.41. The largest absolute Gasteiger partial charge is 0.375 e. The first-order valence-electron chi connectivity index (χ1n) is 8.75. The molecule has 0 radical (unpaired) electrons. The Morgan fingerprint density at radius 1 is 1.23 bits per heavy atom. The van der Waals surface area contributed by atoms with Crippen LogP contribution in [-0.2, 0) is 9.53 Å². The first-order valence-corrected chi connectivity index (χ1v) is 8.75. The molecule has 0 unspecified atom stereocenters. The molecule has 2 aromatic heterocycles. The van der Waals surface area contributed by atoms with Gasteiger partial charge in [0, 0.05) is 39.0 Å². The molecule has 2 amide bonds. The van der Waals surface area contributed by atoms with E-state index in [0.717, 1.165) is 5.69 Å². The number of methoxy groups -OCH3 is 1. The molecule has 26 heavy (non-hydrogen) atoms. The molecule has 3 rings (SSSR count). The summed E-state index contributed by atoms with van der Waals surface area (Å²) in [5.74, 6) is 0.0344. The molecule has 2 aromatic rings. The Morgan fingerprint density at radius 2 is 1.88 bits per heavy atom. The zero-order chi connectivity index (χ0) is 18.8. The average Bonchev–Trinajstić information content (AvgIpc) is 3.02. The molecule has 0 atom stereocenters. The van der Waals surface area contributed by atoms with Gasteiger partial charge in [-0.25, -0.2) is 4.98 Å². The Kier molecular flexibility index (Phi) is 5.22. The number of carbonyl (C=O) groups excluding carboxylic acids is 2. The van der Waals surface area contributed by atoms with Crippen LogP contribution in [0.3, 0.4) is 0 Å². The predicted molar refractivity (Wildman–Crippen MR) is 95.0 cm³/mol. The first-order chi connectivity index (χ1) is 12.4. The molecule has 0 spiro atoms. The van der Waals surface area contributed by atoms with Gasteiger partial charge in [-0.1, -0.05) is 19.0 Å². The topological polar surface area (TPSA) is 88.8 Å². The third-order valence-electron chi connectivity index (χ3n) is 4.65. The molecule has 8 nitrogen and oxygen atoms in total. The molecule has 0 saturated carbocycles. The van der Waals surface area contributed by atoms with E-state index in [2.05, 4.69) is 10.1 Å². The highest BCUT2D eigenvalue weighted by Gasteiger charge is 2.28. The highest BCUT2D eigenvalue weighted by molar-refractivity contribution is 6.06. The quantitative estimate of drug-likeness (QED) is 0.823. The molecule has 8 heteroatoms. The van der Waals surface area contributed by atoms with Crippen LogP contribution < -0.4 is 0 Å². The third-order valence-corrected chi connectivity index (χ3v) is 4.65. The fraction of sp³-hybridized carbons (Fsp3) is 0.556. The van der Waals surface area contributed by atoms with E-state index in [9.17, 15) is 9.59 Å². The number of aryl methyl sites for hydroxylation is 1. The van der Waals surface area contributed by atoms with Gasteiger partial charge in [0.1, 0.15) is 6.61 Å². The lowest BCUT2D eigenvalue weighted by molar-refractivity contribution is -0.136. The molecule has 1 aliphatic heterocycles. The number of hydrogen-bond donors (Lipinski definition) is 0. The zero-order valence-electron chi connectivity index (χ0n) is 15.6. The predicted octanol–water partition coefficient (Wildman–Crippen LogP) is 1.59. The minimum Gasteiger partial charge on any atom is -0.375 e. The van der Waals surface area contributed by atoms with Gasteiger partial charge in [0.05, 0.1) is 16.6 Å². The number of aromatic nitrogens is 2. The molecule has 3 heterocycles. The van der Waals surface area contributed by atoms with Gasteiger partial charge in [-0.2, -0.15) is 0 Å². The first kappa shape index (κ1) is 18.3. The van der Waals surface area contributed by atoms with Gasteiger partial charge < -0.3 is 19.1 Å². The van der Waals surface area contributed by atoms with Crippen LogP contribution in [0, 0.1) is 6.92 Å². The fourth-order valence-electron chi connectivity index (χ4n) is 3.12. The SMILES string of the molecule is COCC(=O)N1CCN(C(=O)c2cc(C(C)C)nc3onc(C)c23)CC1. The van der Waals surface area contributed by atoms with E-state index < -0.39 is 0 Å². The molecule has 0 N–H and O–H groups in total. The van der Waals surface area contributed by atoms with Crippen LogP contribution in [0.5, 0.6) is 0 Å². The van der Waals surface area contributed by atoms with Crippen molar-refractivity contribution in [3.63, 3.8) is 0 Å². The summed E-state index contributed by atoms with van der Waals surface area (Å²) >= 11 is 0. The maximum atomic E-state index is 13.1. The van der Waals surface area contributed by atoms with Crippen molar-refractivity contribution in [1.82, 2.24) is 19.9 Å². The van der Waals surface area contributed by atoms with Gasteiger partial charge in [-0.05, 0) is 18.9 Å². The van der Waals surface area contributed by atoms with Crippen LogP contribution in [0.15, 0.2) is 10.6 Å². The number of hydrogen-bond acceptors (Lipinski definition) is 6. The number of amides is 2. The van der Waals surface area contributed by atoms with Crippen molar-refractivity contribution in [3.05, 3.63) is 23.0 Å². The molecule has 0 bridgehead atoms. The van der Waals surface area contributed by atoms with Crippen molar-refractivity contribution < 1.29 is 18.8 Å². The molecule has 1 fully saturated rings. The molecule has 0 aliphatic carbocycles. The smallest absolute Gasteiger partial charge is 0.259 e. The van der Waals surface area contributed by atoms with Crippen LogP contribution in [0.4, 0.5) is 0 Å². The summed E-state index contributed by atoms with van der Waals surface area (Å²) in [4.78, 5) is 33.0. The Labute approximate surface area is 152 Å². The number of piperazine rings is 1. The van der Waals surface area contributed by atoms with Crippen LogP contribution >= 0.6 is 0 Å². The summed E-state index contributed by atoms with van der Waals surface area (Å²) in [5, 5.41) is 4.63. The van der Waals surface area contributed by atoms with Gasteiger partial charge in [0.2, 0.25) is 5.91 Å². The normalized spacial score (nSPS) is 15.1. The van der Waals surface area contributed by atoms with E-state index in [1.54, 1.807) is 16.7 Å². The van der Waals surface area contributed by atoms with E-state index >= 15 is 0 Å². The fourth-order valence-corrected chi connectivity index (χ4v) is 3.12. The second kappa shape index (κ2) is 7.41. The lowest BCUT2D eigenvalue weighted by atomic mass is 10.0. The Bertz CT molecular complexity index is 822. The van der Waals surface area contributed by atoms with E-state index in [-0.39, 0.29) is 24.3 Å². The van der Waals surface area contributed by atoms with Gasteiger partial charge in [0.25, 0.3) is 11.6 Å². The lowest BCUT2D eigenvalue weighted by Gasteiger charge is -2.34. The highest BCUT2D eigenvalue weighted by atomic mass is 16.5. The van der Waals surface area contributed by atoms with Gasteiger partial charge >= 0.3 is 0 Å². The second-order valence-corrected chi connectivity index (χ2v) is 6.80. The minimum absolute atomic E-state index is 0.0529. The zero-order valence-corrected chi connectivity index (χ0v) is 15.6. The summed E-state index contributed by atoms with van der Waals surface area (Å²) in [6.07, 6.45) is 0. The number of rotatable bonds is 4. The van der Waals surface area contributed by atoms with Crippen LogP contribution in [0.1, 0.15) is 41.5 Å². The van der Waals surface area contributed by atoms with Gasteiger partial charge in [-0.15, -0.1) is 0 Å². The third kappa shape index (κ3) is 3.41. The summed E-state index contributed by atoms with van der Waals surface area (Å²) in [6.45, 7) is 7.89. The molecular weight excluding hydrogens is 336 g/mol. The molecule has 1 saturated heterocycles. The van der Waals surface area contributed by atoms with Crippen LogP contribution in [0.2, 0.25) is 0 Å². The van der Waals surface area contributed by atoms with Crippen molar-refractivity contribution in [1.29, 1.82) is 0 Å². The van der Waals surface area contributed by atoms with E-state index in [1.165, 1.54) is 7.11 Å². The van der Waals surface area contributed by atoms with Crippen molar-refractivity contribution in [3.8, 4) is 0 Å². The second-order valence-electron chi connectivity index (χ2n) is 6.80. The minimum atomic E-state index is -0.0792. The number of pyridine rings is 1. The van der Waals surface area contributed by atoms with Gasteiger partial charge in [0.15, 0.2) is 0 Å². The molecule has 140 valence electrons. The van der Waals surface area contributed by atoms with E-state index in [1.807, 2.05) is 19.9 Å². The van der Waals surface area contributed by atoms with Crippen LogP contribution in [-0.4, -0.2) is 71.7 Å².